The van der Waals surface area contributed by atoms with Gasteiger partial charge < -0.3 is 24.4 Å². The number of hydrazine groups is 1. The van der Waals surface area contributed by atoms with Crippen LogP contribution in [0.4, 0.5) is 0 Å². The standard InChI is InChI=1S/C47H57N7O5/c1-3-23-52-33-44(57)53-41(28-35-17-20-38(55)21-18-35)47(59)51(32-42(53)54(52)43(56)22-19-34-11-6-4-7-12-34)30-37-15-10-16-39-40(31-48(2)45(37)39)46(58)50-26-24-49(25-27-50)29-36-13-8-5-9-14-36/h3-4,6-7,10-12,15-18,20-21,31,36,41-42,55H,1,5,8-9,13-14,19,22-30,32-33H2,2H3/t41-,42-/m0/s1. The summed E-state index contributed by atoms with van der Waals surface area (Å²) in [5, 5.41) is 14.3. The van der Waals surface area contributed by atoms with E-state index in [2.05, 4.69) is 11.5 Å². The Hall–Kier alpha value is -5.46. The Kier molecular flexibility index (Phi) is 12.2. The van der Waals surface area contributed by atoms with Crippen LogP contribution < -0.4 is 0 Å². The smallest absolute Gasteiger partial charge is 0.256 e. The van der Waals surface area contributed by atoms with Crippen LogP contribution >= 0.6 is 0 Å². The van der Waals surface area contributed by atoms with Crippen molar-refractivity contribution in [2.24, 2.45) is 13.0 Å². The molecule has 4 heterocycles. The summed E-state index contributed by atoms with van der Waals surface area (Å²) in [5.41, 5.74) is 4.23. The molecule has 3 aliphatic heterocycles. The van der Waals surface area contributed by atoms with Crippen LogP contribution in [0, 0.1) is 5.92 Å². The number of aromatic hydroxyl groups is 1. The second-order valence-electron chi connectivity index (χ2n) is 16.8. The van der Waals surface area contributed by atoms with E-state index in [0.29, 0.717) is 31.6 Å². The molecule has 0 unspecified atom stereocenters. The van der Waals surface area contributed by atoms with Gasteiger partial charge in [-0.05, 0) is 54.0 Å². The van der Waals surface area contributed by atoms with Gasteiger partial charge in [0.2, 0.25) is 17.7 Å². The number of carbonyl (C=O) groups excluding carboxylic acids is 4. The fourth-order valence-corrected chi connectivity index (χ4v) is 9.86. The number of fused-ring (bicyclic) bond motifs is 2. The van der Waals surface area contributed by atoms with Gasteiger partial charge in [-0.15, -0.1) is 6.58 Å². The molecule has 0 bridgehead atoms. The van der Waals surface area contributed by atoms with Crippen molar-refractivity contribution >= 4 is 34.5 Å². The Bertz CT molecular complexity index is 2160. The number of carbonyl (C=O) groups is 4. The normalized spacial score (nSPS) is 21.0. The lowest BCUT2D eigenvalue weighted by molar-refractivity contribution is -0.205. The zero-order chi connectivity index (χ0) is 41.0. The molecule has 0 radical (unpaired) electrons. The number of nitrogens with zero attached hydrogens (tertiary/aromatic N) is 7. The zero-order valence-electron chi connectivity index (χ0n) is 34.3. The van der Waals surface area contributed by atoms with Gasteiger partial charge in [0.15, 0.2) is 0 Å². The number of aryl methyl sites for hydroxylation is 2. The molecular weight excluding hydrogens is 743 g/mol. The van der Waals surface area contributed by atoms with E-state index >= 15 is 0 Å². The Balaban J connectivity index is 1.07. The van der Waals surface area contributed by atoms with Gasteiger partial charge in [0.25, 0.3) is 5.91 Å². The molecule has 1 aliphatic carbocycles. The molecule has 1 aromatic heterocycles. The highest BCUT2D eigenvalue weighted by Gasteiger charge is 2.51. The molecule has 310 valence electrons. The third-order valence-electron chi connectivity index (χ3n) is 12.8. The van der Waals surface area contributed by atoms with Crippen molar-refractivity contribution in [3.63, 3.8) is 0 Å². The highest BCUT2D eigenvalue weighted by molar-refractivity contribution is 6.07. The predicted octanol–water partition coefficient (Wildman–Crippen LogP) is 5.21. The number of hydrogen-bond acceptors (Lipinski definition) is 7. The number of aromatic nitrogens is 1. The number of phenolic OH excluding ortho intramolecular Hbond substituents is 1. The van der Waals surface area contributed by atoms with E-state index in [4.69, 9.17) is 0 Å². The molecule has 4 fully saturated rings. The van der Waals surface area contributed by atoms with Crippen LogP contribution in [-0.4, -0.2) is 127 Å². The van der Waals surface area contributed by atoms with Gasteiger partial charge in [-0.3, -0.25) is 24.1 Å². The highest BCUT2D eigenvalue weighted by Crippen LogP contribution is 2.33. The maximum absolute atomic E-state index is 14.8. The van der Waals surface area contributed by atoms with E-state index < -0.39 is 12.2 Å². The third-order valence-corrected chi connectivity index (χ3v) is 12.8. The molecule has 3 saturated heterocycles. The average Bonchev–Trinajstić information content (AvgIpc) is 3.59. The monoisotopic (exact) mass is 799 g/mol. The first kappa shape index (κ1) is 40.3. The first-order chi connectivity index (χ1) is 28.7. The lowest BCUT2D eigenvalue weighted by Crippen LogP contribution is -2.75. The summed E-state index contributed by atoms with van der Waals surface area (Å²) in [4.78, 5) is 65.3. The second kappa shape index (κ2) is 17.8. The summed E-state index contributed by atoms with van der Waals surface area (Å²) in [5.74, 6) is 0.314. The number of benzene rings is 3. The topological polar surface area (TPSA) is 113 Å². The van der Waals surface area contributed by atoms with Gasteiger partial charge in [-0.1, -0.05) is 86.0 Å². The maximum Gasteiger partial charge on any atom is 0.256 e. The van der Waals surface area contributed by atoms with Crippen LogP contribution in [0.25, 0.3) is 10.9 Å². The summed E-state index contributed by atoms with van der Waals surface area (Å²) < 4.78 is 1.99. The van der Waals surface area contributed by atoms with Crippen LogP contribution in [0.15, 0.2) is 91.6 Å². The van der Waals surface area contributed by atoms with Crippen molar-refractivity contribution < 1.29 is 24.3 Å². The predicted molar refractivity (Wildman–Crippen MR) is 227 cm³/mol. The van der Waals surface area contributed by atoms with Gasteiger partial charge in [0, 0.05) is 77.3 Å². The molecule has 8 rings (SSSR count). The minimum Gasteiger partial charge on any atom is -0.508 e. The highest BCUT2D eigenvalue weighted by atomic mass is 16.3. The lowest BCUT2D eigenvalue weighted by Gasteiger charge is -2.55. The Morgan fingerprint density at radius 3 is 2.36 bits per heavy atom. The molecule has 1 N–H and O–H groups in total. The van der Waals surface area contributed by atoms with Crippen LogP contribution in [-0.2, 0) is 40.8 Å². The molecule has 2 atom stereocenters. The molecule has 3 aromatic carbocycles. The Morgan fingerprint density at radius 1 is 0.881 bits per heavy atom. The van der Waals surface area contributed by atoms with E-state index in [0.717, 1.165) is 53.1 Å². The Labute approximate surface area is 347 Å². The lowest BCUT2D eigenvalue weighted by atomic mass is 9.89. The molecule has 1 saturated carbocycles. The minimum atomic E-state index is -0.886. The van der Waals surface area contributed by atoms with Gasteiger partial charge in [0.05, 0.1) is 24.2 Å². The van der Waals surface area contributed by atoms with Crippen LogP contribution in [0.1, 0.15) is 65.6 Å². The summed E-state index contributed by atoms with van der Waals surface area (Å²) in [6.07, 6.45) is 10.5. The van der Waals surface area contributed by atoms with Crippen LogP contribution in [0.3, 0.4) is 0 Å². The number of amides is 4. The van der Waals surface area contributed by atoms with Gasteiger partial charge in [-0.25, -0.2) is 10.0 Å². The summed E-state index contributed by atoms with van der Waals surface area (Å²) >= 11 is 0. The molecule has 4 aliphatic rings. The van der Waals surface area contributed by atoms with Gasteiger partial charge in [0.1, 0.15) is 18.0 Å². The van der Waals surface area contributed by atoms with E-state index in [1.807, 2.05) is 71.2 Å². The largest absolute Gasteiger partial charge is 0.508 e. The summed E-state index contributed by atoms with van der Waals surface area (Å²) in [7, 11) is 1.94. The molecule has 12 heteroatoms. The molecular formula is C47H57N7O5. The van der Waals surface area contributed by atoms with Crippen molar-refractivity contribution in [2.45, 2.75) is 70.1 Å². The van der Waals surface area contributed by atoms with Crippen LogP contribution in [0.2, 0.25) is 0 Å². The second-order valence-corrected chi connectivity index (χ2v) is 16.8. The molecule has 12 nitrogen and oxygen atoms in total. The molecule has 59 heavy (non-hydrogen) atoms. The van der Waals surface area contributed by atoms with Crippen molar-refractivity contribution in [1.29, 1.82) is 0 Å². The molecule has 0 spiro atoms. The number of phenols is 1. The fraction of sp³-hybridized carbons (Fsp3) is 0.447. The number of para-hydroxylation sites is 1. The van der Waals surface area contributed by atoms with Crippen molar-refractivity contribution in [3.05, 3.63) is 114 Å². The SMILES string of the molecule is C=CCN1CC(=O)N2[C@@H](Cc3ccc(O)cc3)C(=O)N(Cc3cccc4c(C(=O)N5CCN(CC6CCCCC6)CC5)cn(C)c34)C[C@@H]2N1C(=O)CCc1ccccc1. The number of rotatable bonds is 12. The van der Waals surface area contributed by atoms with E-state index in [1.54, 1.807) is 50.2 Å². The number of piperazine rings is 2. The van der Waals surface area contributed by atoms with E-state index in [9.17, 15) is 24.3 Å². The summed E-state index contributed by atoms with van der Waals surface area (Å²) in [6.45, 7) is 8.78. The van der Waals surface area contributed by atoms with Crippen LogP contribution in [0.5, 0.6) is 5.75 Å². The quantitative estimate of drug-likeness (QED) is 0.196. The molecule has 4 aromatic rings. The first-order valence-corrected chi connectivity index (χ1v) is 21.4. The third kappa shape index (κ3) is 8.65. The van der Waals surface area contributed by atoms with Crippen molar-refractivity contribution in [1.82, 2.24) is 34.2 Å². The maximum atomic E-state index is 14.8. The first-order valence-electron chi connectivity index (χ1n) is 21.4. The van der Waals surface area contributed by atoms with E-state index in [-0.39, 0.29) is 61.9 Å². The summed E-state index contributed by atoms with van der Waals surface area (Å²) in [6, 6.07) is 21.6. The molecule has 4 amide bonds. The van der Waals surface area contributed by atoms with Crippen molar-refractivity contribution in [3.8, 4) is 5.75 Å². The van der Waals surface area contributed by atoms with E-state index in [1.165, 1.54) is 32.1 Å². The van der Waals surface area contributed by atoms with Gasteiger partial charge >= 0.3 is 0 Å². The fourth-order valence-electron chi connectivity index (χ4n) is 9.86. The average molecular weight is 800 g/mol. The Morgan fingerprint density at radius 2 is 1.63 bits per heavy atom. The minimum absolute atomic E-state index is 0.0244. The van der Waals surface area contributed by atoms with Crippen molar-refractivity contribution in [2.75, 3.05) is 52.4 Å². The van der Waals surface area contributed by atoms with Gasteiger partial charge in [-0.2, -0.15) is 0 Å². The zero-order valence-corrected chi connectivity index (χ0v) is 34.3. The number of hydrogen-bond donors (Lipinski definition) is 1.